The summed E-state index contributed by atoms with van der Waals surface area (Å²) in [6.45, 7) is 1.71. The van der Waals surface area contributed by atoms with Gasteiger partial charge in [0.25, 0.3) is 5.91 Å². The molecule has 1 fully saturated rings. The maximum Gasteiger partial charge on any atom is 0.253 e. The van der Waals surface area contributed by atoms with E-state index in [0.717, 1.165) is 25.1 Å². The van der Waals surface area contributed by atoms with Gasteiger partial charge in [-0.2, -0.15) is 0 Å². The van der Waals surface area contributed by atoms with Gasteiger partial charge < -0.3 is 15.5 Å². The van der Waals surface area contributed by atoms with Crippen molar-refractivity contribution < 1.29 is 9.18 Å². The predicted molar refractivity (Wildman–Crippen MR) is 118 cm³/mol. The van der Waals surface area contributed by atoms with Crippen LogP contribution in [-0.4, -0.2) is 47.5 Å². The highest BCUT2D eigenvalue weighted by molar-refractivity contribution is 5.96. The Morgan fingerprint density at radius 1 is 1.19 bits per heavy atom. The monoisotopic (exact) mass is 417 g/mol. The summed E-state index contributed by atoms with van der Waals surface area (Å²) in [5.41, 5.74) is 9.67. The molecule has 1 spiro atoms. The van der Waals surface area contributed by atoms with Gasteiger partial charge >= 0.3 is 0 Å². The maximum atomic E-state index is 14.1. The first-order chi connectivity index (χ1) is 15.0. The summed E-state index contributed by atoms with van der Waals surface area (Å²) in [6, 6.07) is 12.5. The molecule has 7 heteroatoms. The number of carbonyl (C=O) groups is 1. The molecule has 31 heavy (non-hydrogen) atoms. The third-order valence-electron chi connectivity index (χ3n) is 6.30. The number of nitrogens with zero attached hydrogens (tertiary/aromatic N) is 4. The molecule has 1 saturated carbocycles. The van der Waals surface area contributed by atoms with E-state index in [2.05, 4.69) is 20.9 Å². The number of nitrogens with two attached hydrogens (primary N) is 1. The van der Waals surface area contributed by atoms with Crippen LogP contribution >= 0.6 is 0 Å². The largest absolute Gasteiger partial charge is 0.340 e. The van der Waals surface area contributed by atoms with E-state index < -0.39 is 0 Å². The minimum Gasteiger partial charge on any atom is -0.340 e. The molecule has 6 nitrogen and oxygen atoms in total. The van der Waals surface area contributed by atoms with Crippen LogP contribution in [-0.2, 0) is 5.41 Å². The average Bonchev–Trinajstić information content (AvgIpc) is 3.50. The fraction of sp³-hybridized carbons (Fsp3) is 0.292. The number of benzene rings is 2. The Hall–Kier alpha value is -3.32. The minimum atomic E-state index is -0.299. The van der Waals surface area contributed by atoms with Crippen LogP contribution in [0.25, 0.3) is 11.1 Å². The molecule has 2 N–H and O–H groups in total. The van der Waals surface area contributed by atoms with Crippen molar-refractivity contribution in [2.45, 2.75) is 18.3 Å². The lowest BCUT2D eigenvalue weighted by Crippen LogP contribution is -2.31. The van der Waals surface area contributed by atoms with Crippen molar-refractivity contribution in [1.29, 1.82) is 0 Å². The quantitative estimate of drug-likeness (QED) is 0.688. The molecular formula is C24H24FN5O. The topological polar surface area (TPSA) is 75.3 Å². The molecule has 0 unspecified atom stereocenters. The van der Waals surface area contributed by atoms with Crippen LogP contribution in [0.3, 0.4) is 0 Å². The van der Waals surface area contributed by atoms with E-state index in [1.54, 1.807) is 42.5 Å². The lowest BCUT2D eigenvalue weighted by molar-refractivity contribution is 0.0799. The van der Waals surface area contributed by atoms with Gasteiger partial charge in [-0.3, -0.25) is 4.79 Å². The van der Waals surface area contributed by atoms with Crippen molar-refractivity contribution in [2.75, 3.05) is 31.6 Å². The molecule has 0 bridgehead atoms. The van der Waals surface area contributed by atoms with Gasteiger partial charge in [-0.15, -0.1) is 0 Å². The Morgan fingerprint density at radius 3 is 2.61 bits per heavy atom. The highest BCUT2D eigenvalue weighted by Crippen LogP contribution is 2.57. The number of amides is 1. The maximum absolute atomic E-state index is 14.1. The summed E-state index contributed by atoms with van der Waals surface area (Å²) in [5, 5.41) is 0. The highest BCUT2D eigenvalue weighted by Gasteiger charge is 2.52. The normalized spacial score (nSPS) is 15.8. The zero-order chi connectivity index (χ0) is 21.6. The van der Waals surface area contributed by atoms with Crippen LogP contribution in [0.4, 0.5) is 16.0 Å². The van der Waals surface area contributed by atoms with Crippen LogP contribution in [0.15, 0.2) is 54.9 Å². The number of halogens is 1. The second kappa shape index (κ2) is 7.42. The number of aromatic nitrogens is 2. The molecule has 158 valence electrons. The molecule has 0 atom stereocenters. The number of likely N-dealkylation sites (N-methyl/N-ethyl adjacent to an activating group) is 1. The summed E-state index contributed by atoms with van der Waals surface area (Å²) < 4.78 is 14.1. The van der Waals surface area contributed by atoms with E-state index in [1.165, 1.54) is 11.6 Å². The zero-order valence-electron chi connectivity index (χ0n) is 17.4. The Labute approximate surface area is 180 Å². The molecule has 2 aliphatic rings. The molecule has 1 aliphatic heterocycles. The first kappa shape index (κ1) is 19.6. The fourth-order valence-corrected chi connectivity index (χ4v) is 4.38. The summed E-state index contributed by atoms with van der Waals surface area (Å²) in [5.74, 6) is 0.206. The van der Waals surface area contributed by atoms with Gasteiger partial charge in [0.2, 0.25) is 5.95 Å². The number of carbonyl (C=O) groups excluding carboxylic acids is 1. The second-order valence-corrected chi connectivity index (χ2v) is 8.37. The van der Waals surface area contributed by atoms with Gasteiger partial charge in [-0.1, -0.05) is 24.3 Å². The molecule has 2 aromatic carbocycles. The van der Waals surface area contributed by atoms with Crippen molar-refractivity contribution in [1.82, 2.24) is 14.9 Å². The predicted octanol–water partition coefficient (Wildman–Crippen LogP) is 3.50. The van der Waals surface area contributed by atoms with Crippen LogP contribution in [0.5, 0.6) is 0 Å². The van der Waals surface area contributed by atoms with E-state index in [9.17, 15) is 9.18 Å². The van der Waals surface area contributed by atoms with E-state index in [1.807, 2.05) is 12.1 Å². The Kier molecular flexibility index (Phi) is 4.70. The first-order valence-corrected chi connectivity index (χ1v) is 10.5. The van der Waals surface area contributed by atoms with Crippen LogP contribution in [0.1, 0.15) is 28.8 Å². The van der Waals surface area contributed by atoms with Gasteiger partial charge in [-0.05, 0) is 36.6 Å². The molecular weight excluding hydrogens is 393 g/mol. The Morgan fingerprint density at radius 2 is 1.94 bits per heavy atom. The molecule has 1 aliphatic carbocycles. The summed E-state index contributed by atoms with van der Waals surface area (Å²) in [4.78, 5) is 25.6. The van der Waals surface area contributed by atoms with E-state index >= 15 is 0 Å². The van der Waals surface area contributed by atoms with Crippen molar-refractivity contribution in [3.05, 3.63) is 71.8 Å². The minimum absolute atomic E-state index is 0.0548. The van der Waals surface area contributed by atoms with Gasteiger partial charge in [0, 0.05) is 66.9 Å². The lowest BCUT2D eigenvalue weighted by Gasteiger charge is -2.20. The molecule has 0 radical (unpaired) electrons. The first-order valence-electron chi connectivity index (χ1n) is 10.5. The lowest BCUT2D eigenvalue weighted by atomic mass is 9.97. The van der Waals surface area contributed by atoms with Crippen LogP contribution in [0.2, 0.25) is 0 Å². The van der Waals surface area contributed by atoms with Gasteiger partial charge in [0.1, 0.15) is 5.82 Å². The summed E-state index contributed by atoms with van der Waals surface area (Å²) in [7, 11) is 1.76. The van der Waals surface area contributed by atoms with Gasteiger partial charge in [0.15, 0.2) is 0 Å². The summed E-state index contributed by atoms with van der Waals surface area (Å²) in [6.07, 6.45) is 5.54. The third-order valence-corrected chi connectivity index (χ3v) is 6.30. The number of fused-ring (bicyclic) bond motifs is 2. The number of hydrogen-bond donors (Lipinski definition) is 1. The molecule has 1 aromatic heterocycles. The zero-order valence-corrected chi connectivity index (χ0v) is 17.4. The van der Waals surface area contributed by atoms with E-state index in [-0.39, 0.29) is 17.1 Å². The smallest absolute Gasteiger partial charge is 0.253 e. The number of anilines is 2. The van der Waals surface area contributed by atoms with Gasteiger partial charge in [-0.25, -0.2) is 14.4 Å². The Bertz CT molecular complexity index is 1140. The van der Waals surface area contributed by atoms with Crippen molar-refractivity contribution in [2.24, 2.45) is 5.73 Å². The molecule has 5 rings (SSSR count). The molecule has 1 amide bonds. The van der Waals surface area contributed by atoms with E-state index in [4.69, 9.17) is 5.73 Å². The molecule has 2 heterocycles. The number of rotatable bonds is 5. The standard InChI is InChI=1S/C24H24FN5O/c1-29(11-10-26)22(31)16-6-7-19-21(12-16)30(15-24(19)8-9-24)23-27-13-17(14-28-23)18-4-2-3-5-20(18)25/h2-7,12-14H,8-11,15,26H2,1H3. The van der Waals surface area contributed by atoms with Crippen LogP contribution in [0, 0.1) is 5.82 Å². The highest BCUT2D eigenvalue weighted by atomic mass is 19.1. The summed E-state index contributed by atoms with van der Waals surface area (Å²) >= 11 is 0. The fourth-order valence-electron chi connectivity index (χ4n) is 4.38. The molecule has 0 saturated heterocycles. The molecule has 3 aromatic rings. The van der Waals surface area contributed by atoms with Gasteiger partial charge in [0.05, 0.1) is 0 Å². The van der Waals surface area contributed by atoms with Crippen LogP contribution < -0.4 is 10.6 Å². The van der Waals surface area contributed by atoms with Crippen molar-refractivity contribution in [3.63, 3.8) is 0 Å². The number of hydrogen-bond acceptors (Lipinski definition) is 5. The SMILES string of the molecule is CN(CCN)C(=O)c1ccc2c(c1)N(c1ncc(-c3ccccc3F)cn1)CC21CC1. The van der Waals surface area contributed by atoms with Crippen molar-refractivity contribution >= 4 is 17.5 Å². The average molecular weight is 417 g/mol. The second-order valence-electron chi connectivity index (χ2n) is 8.37. The Balaban J connectivity index is 1.49. The third kappa shape index (κ3) is 3.35. The van der Waals surface area contributed by atoms with Crippen molar-refractivity contribution in [3.8, 4) is 11.1 Å². The van der Waals surface area contributed by atoms with E-state index in [0.29, 0.717) is 35.7 Å².